The van der Waals surface area contributed by atoms with Crippen LogP contribution in [0.4, 0.5) is 14.5 Å². The number of furan rings is 1. The van der Waals surface area contributed by atoms with Crippen molar-refractivity contribution < 1.29 is 18.0 Å². The molecular formula is C17H16F2N4O2. The number of anilines is 1. The lowest BCUT2D eigenvalue weighted by Gasteiger charge is -2.44. The van der Waals surface area contributed by atoms with Crippen molar-refractivity contribution in [1.82, 2.24) is 4.90 Å². The van der Waals surface area contributed by atoms with Crippen molar-refractivity contribution in [1.29, 1.82) is 0 Å². The number of hydrogen-bond donors (Lipinski definition) is 2. The van der Waals surface area contributed by atoms with Gasteiger partial charge < -0.3 is 20.4 Å². The van der Waals surface area contributed by atoms with Crippen LogP contribution in [0, 0.1) is 5.82 Å². The highest BCUT2D eigenvalue weighted by Gasteiger charge is 2.47. The smallest absolute Gasteiger partial charge is 0.289 e. The van der Waals surface area contributed by atoms with Gasteiger partial charge in [-0.1, -0.05) is 6.07 Å². The molecule has 0 radical (unpaired) electrons. The number of nitrogens with zero attached hydrogens (tertiary/aromatic N) is 2. The molecule has 0 saturated carbocycles. The van der Waals surface area contributed by atoms with Crippen LogP contribution in [0.1, 0.15) is 22.5 Å². The van der Waals surface area contributed by atoms with E-state index in [2.05, 4.69) is 10.3 Å². The normalized spacial score (nSPS) is 25.3. The Bertz CT molecular complexity index is 852. The Morgan fingerprint density at radius 1 is 1.40 bits per heavy atom. The van der Waals surface area contributed by atoms with E-state index in [9.17, 15) is 9.18 Å². The Hall–Kier alpha value is -2.90. The van der Waals surface area contributed by atoms with Crippen molar-refractivity contribution in [2.24, 2.45) is 10.7 Å². The largest absolute Gasteiger partial charge is 0.459 e. The maximum Gasteiger partial charge on any atom is 0.289 e. The summed E-state index contributed by atoms with van der Waals surface area (Å²) in [7, 11) is 0. The Kier molecular flexibility index (Phi) is 3.48. The molecule has 0 bridgehead atoms. The molecule has 0 unspecified atom stereocenters. The predicted octanol–water partition coefficient (Wildman–Crippen LogP) is 2.13. The van der Waals surface area contributed by atoms with E-state index < -0.39 is 17.7 Å². The highest BCUT2D eigenvalue weighted by atomic mass is 19.1. The summed E-state index contributed by atoms with van der Waals surface area (Å²) in [6.45, 7) is 0.113. The van der Waals surface area contributed by atoms with Crippen molar-refractivity contribution >= 4 is 17.4 Å². The average molecular weight is 346 g/mol. The van der Waals surface area contributed by atoms with Gasteiger partial charge in [-0.05, 0) is 24.3 Å². The molecule has 130 valence electrons. The standard InChI is InChI=1S/C17H16F2N4O2/c18-10-3-1-4-11-14(10)15(20)22-17(21-11)6-7-23(9-13(17)19)16(24)12-5-2-8-25-12/h1-5,8,13,21H,6-7,9H2,(H2,20,22)/t13-,17-/m0/s1. The second-order valence-electron chi connectivity index (χ2n) is 6.15. The Morgan fingerprint density at radius 3 is 2.96 bits per heavy atom. The van der Waals surface area contributed by atoms with Crippen LogP contribution in [0.3, 0.4) is 0 Å². The fraction of sp³-hybridized carbons (Fsp3) is 0.294. The lowest BCUT2D eigenvalue weighted by atomic mass is 9.92. The maximum atomic E-state index is 15.0. The van der Waals surface area contributed by atoms with E-state index in [4.69, 9.17) is 10.2 Å². The Balaban J connectivity index is 1.60. The summed E-state index contributed by atoms with van der Waals surface area (Å²) in [5.41, 5.74) is 5.14. The number of alkyl halides is 1. The zero-order valence-corrected chi connectivity index (χ0v) is 13.2. The quantitative estimate of drug-likeness (QED) is 0.829. The van der Waals surface area contributed by atoms with Crippen LogP contribution in [0.25, 0.3) is 0 Å². The maximum absolute atomic E-state index is 15.0. The van der Waals surface area contributed by atoms with Crippen molar-refractivity contribution in [3.8, 4) is 0 Å². The number of piperidine rings is 1. The highest BCUT2D eigenvalue weighted by molar-refractivity contribution is 6.04. The number of fused-ring (bicyclic) bond motifs is 1. The number of carbonyl (C=O) groups excluding carboxylic acids is 1. The average Bonchev–Trinajstić information content (AvgIpc) is 3.11. The van der Waals surface area contributed by atoms with Gasteiger partial charge in [0.2, 0.25) is 0 Å². The molecule has 1 aromatic heterocycles. The van der Waals surface area contributed by atoms with Gasteiger partial charge >= 0.3 is 0 Å². The number of nitrogens with one attached hydrogen (secondary N) is 1. The van der Waals surface area contributed by atoms with E-state index in [1.807, 2.05) is 0 Å². The molecule has 2 aliphatic heterocycles. The molecule has 1 fully saturated rings. The van der Waals surface area contributed by atoms with Crippen LogP contribution in [0.15, 0.2) is 46.0 Å². The van der Waals surface area contributed by atoms with Gasteiger partial charge in [0.25, 0.3) is 5.91 Å². The number of likely N-dealkylation sites (tertiary alicyclic amines) is 1. The highest BCUT2D eigenvalue weighted by Crippen LogP contribution is 2.36. The van der Waals surface area contributed by atoms with Crippen LogP contribution >= 0.6 is 0 Å². The first kappa shape index (κ1) is 15.6. The molecule has 2 atom stereocenters. The first-order valence-corrected chi connectivity index (χ1v) is 7.89. The molecule has 4 rings (SSSR count). The van der Waals surface area contributed by atoms with Gasteiger partial charge in [0.1, 0.15) is 11.7 Å². The van der Waals surface area contributed by atoms with Crippen LogP contribution in [0.2, 0.25) is 0 Å². The molecule has 1 saturated heterocycles. The second kappa shape index (κ2) is 5.58. The van der Waals surface area contributed by atoms with E-state index in [1.165, 1.54) is 29.4 Å². The number of rotatable bonds is 1. The number of carbonyl (C=O) groups is 1. The van der Waals surface area contributed by atoms with Crippen LogP contribution in [-0.4, -0.2) is 41.6 Å². The van der Waals surface area contributed by atoms with Crippen molar-refractivity contribution in [2.75, 3.05) is 18.4 Å². The number of hydrogen-bond acceptors (Lipinski definition) is 5. The molecule has 0 aliphatic carbocycles. The molecule has 3 N–H and O–H groups in total. The van der Waals surface area contributed by atoms with Gasteiger partial charge in [-0.25, -0.2) is 13.8 Å². The van der Waals surface area contributed by atoms with Gasteiger partial charge in [-0.2, -0.15) is 0 Å². The molecule has 1 spiro atoms. The molecule has 8 heteroatoms. The monoisotopic (exact) mass is 346 g/mol. The number of aliphatic imine (C=N–C) groups is 1. The van der Waals surface area contributed by atoms with E-state index in [0.717, 1.165) is 0 Å². The van der Waals surface area contributed by atoms with Gasteiger partial charge in [0, 0.05) is 18.7 Å². The zero-order chi connectivity index (χ0) is 17.6. The summed E-state index contributed by atoms with van der Waals surface area (Å²) < 4.78 is 34.0. The Labute approximate surface area is 142 Å². The number of amidine groups is 1. The van der Waals surface area contributed by atoms with Crippen molar-refractivity contribution in [3.05, 3.63) is 53.7 Å². The number of amides is 1. The lowest BCUT2D eigenvalue weighted by molar-refractivity contribution is 0.0467. The first-order valence-electron chi connectivity index (χ1n) is 7.89. The van der Waals surface area contributed by atoms with E-state index in [1.54, 1.807) is 12.1 Å². The molecule has 6 nitrogen and oxygen atoms in total. The molecule has 2 aliphatic rings. The molecule has 3 heterocycles. The third kappa shape index (κ3) is 2.45. The second-order valence-corrected chi connectivity index (χ2v) is 6.15. The van der Waals surface area contributed by atoms with Crippen molar-refractivity contribution in [2.45, 2.75) is 18.3 Å². The third-order valence-corrected chi connectivity index (χ3v) is 4.62. The fourth-order valence-corrected chi connectivity index (χ4v) is 3.33. The van der Waals surface area contributed by atoms with E-state index in [-0.39, 0.29) is 42.6 Å². The number of halogens is 2. The number of benzene rings is 1. The molecule has 2 aromatic rings. The predicted molar refractivity (Wildman–Crippen MR) is 87.6 cm³/mol. The topological polar surface area (TPSA) is 83.9 Å². The molecule has 1 amide bonds. The lowest BCUT2D eigenvalue weighted by Crippen LogP contribution is -2.59. The van der Waals surface area contributed by atoms with E-state index >= 15 is 4.39 Å². The minimum atomic E-state index is -1.50. The SMILES string of the molecule is NC1=N[C@]2(CCN(C(=O)c3ccco3)C[C@@H]2F)Nc2cccc(F)c21. The summed E-state index contributed by atoms with van der Waals surface area (Å²) >= 11 is 0. The zero-order valence-electron chi connectivity index (χ0n) is 13.2. The minimum absolute atomic E-state index is 0.0414. The summed E-state index contributed by atoms with van der Waals surface area (Å²) in [6.07, 6.45) is 0.0947. The Morgan fingerprint density at radius 2 is 2.24 bits per heavy atom. The first-order chi connectivity index (χ1) is 12.0. The van der Waals surface area contributed by atoms with Gasteiger partial charge in [0.15, 0.2) is 17.6 Å². The third-order valence-electron chi connectivity index (χ3n) is 4.62. The fourth-order valence-electron chi connectivity index (χ4n) is 3.33. The van der Waals surface area contributed by atoms with E-state index in [0.29, 0.717) is 5.69 Å². The van der Waals surface area contributed by atoms with Gasteiger partial charge in [-0.3, -0.25) is 4.79 Å². The summed E-state index contributed by atoms with van der Waals surface area (Å²) in [5.74, 6) is -0.765. The van der Waals surface area contributed by atoms with Crippen LogP contribution in [-0.2, 0) is 0 Å². The molecule has 25 heavy (non-hydrogen) atoms. The summed E-state index contributed by atoms with van der Waals surface area (Å²) in [6, 6.07) is 7.57. The summed E-state index contributed by atoms with van der Waals surface area (Å²) in [5, 5.41) is 2.98. The van der Waals surface area contributed by atoms with Gasteiger partial charge in [-0.15, -0.1) is 0 Å². The van der Waals surface area contributed by atoms with Crippen molar-refractivity contribution in [3.63, 3.8) is 0 Å². The molecule has 1 aromatic carbocycles. The molecular weight excluding hydrogens is 330 g/mol. The number of nitrogens with two attached hydrogens (primary N) is 1. The van der Waals surface area contributed by atoms with Gasteiger partial charge in [0.05, 0.1) is 18.4 Å². The summed E-state index contributed by atoms with van der Waals surface area (Å²) in [4.78, 5) is 17.9. The van der Waals surface area contributed by atoms with Crippen LogP contribution < -0.4 is 11.1 Å². The minimum Gasteiger partial charge on any atom is -0.459 e. The van der Waals surface area contributed by atoms with Crippen LogP contribution in [0.5, 0.6) is 0 Å².